The van der Waals surface area contributed by atoms with Crippen LogP contribution in [0.1, 0.15) is 24.3 Å². The van der Waals surface area contributed by atoms with Gasteiger partial charge in [-0.3, -0.25) is 14.5 Å². The van der Waals surface area contributed by atoms with Crippen molar-refractivity contribution < 1.29 is 9.53 Å². The number of hydrogen-bond acceptors (Lipinski definition) is 5. The van der Waals surface area contributed by atoms with Gasteiger partial charge in [-0.25, -0.2) is 4.98 Å². The fourth-order valence-electron chi connectivity index (χ4n) is 2.23. The van der Waals surface area contributed by atoms with E-state index in [0.29, 0.717) is 11.6 Å². The molecular weight excluding hydrogens is 294 g/mol. The minimum atomic E-state index is -0.312. The van der Waals surface area contributed by atoms with Crippen LogP contribution in [0.25, 0.3) is 10.9 Å². The van der Waals surface area contributed by atoms with Gasteiger partial charge in [-0.1, -0.05) is 0 Å². The number of hydrogen-bond donors (Lipinski definition) is 1. The molecule has 0 radical (unpaired) electrons. The van der Waals surface area contributed by atoms with Gasteiger partial charge >= 0.3 is 0 Å². The quantitative estimate of drug-likeness (QED) is 0.800. The zero-order chi connectivity index (χ0) is 16.4. The van der Waals surface area contributed by atoms with Gasteiger partial charge < -0.3 is 10.1 Å². The number of ether oxygens (including phenoxy) is 1. The van der Waals surface area contributed by atoms with E-state index in [4.69, 9.17) is 4.74 Å². The molecule has 0 aliphatic rings. The number of carbonyl (C=O) groups is 1. The number of amides is 1. The first kappa shape index (κ1) is 15.0. The Kier molecular flexibility index (Phi) is 3.92. The maximum Gasteiger partial charge on any atom is 0.275 e. The van der Waals surface area contributed by atoms with Crippen LogP contribution in [0.15, 0.2) is 36.8 Å². The fourth-order valence-corrected chi connectivity index (χ4v) is 2.23. The number of aromatic nitrogens is 4. The van der Waals surface area contributed by atoms with Gasteiger partial charge in [0.05, 0.1) is 23.2 Å². The van der Waals surface area contributed by atoms with Crippen LogP contribution >= 0.6 is 0 Å². The first-order valence-corrected chi connectivity index (χ1v) is 7.25. The maximum absolute atomic E-state index is 12.2. The van der Waals surface area contributed by atoms with Crippen molar-refractivity contribution in [3.05, 3.63) is 42.5 Å². The van der Waals surface area contributed by atoms with Gasteiger partial charge in [-0.15, -0.1) is 5.10 Å². The van der Waals surface area contributed by atoms with Crippen molar-refractivity contribution in [3.8, 4) is 5.88 Å². The highest BCUT2D eigenvalue weighted by Crippen LogP contribution is 2.28. The van der Waals surface area contributed by atoms with Crippen molar-refractivity contribution in [1.82, 2.24) is 19.7 Å². The van der Waals surface area contributed by atoms with Crippen LogP contribution in [0.3, 0.4) is 0 Å². The molecule has 3 rings (SSSR count). The molecule has 0 unspecified atom stereocenters. The van der Waals surface area contributed by atoms with E-state index in [-0.39, 0.29) is 17.7 Å². The van der Waals surface area contributed by atoms with Crippen LogP contribution in [-0.4, -0.2) is 31.8 Å². The third-order valence-electron chi connectivity index (χ3n) is 3.22. The molecule has 0 fully saturated rings. The molecule has 0 saturated heterocycles. The summed E-state index contributed by atoms with van der Waals surface area (Å²) in [6, 6.07) is 5.55. The second-order valence-corrected chi connectivity index (χ2v) is 5.37. The van der Waals surface area contributed by atoms with E-state index >= 15 is 0 Å². The first-order valence-electron chi connectivity index (χ1n) is 7.25. The van der Waals surface area contributed by atoms with Crippen molar-refractivity contribution in [2.45, 2.75) is 20.0 Å². The number of anilines is 1. The van der Waals surface area contributed by atoms with Gasteiger partial charge in [0.25, 0.3) is 5.91 Å². The number of rotatable bonds is 4. The first-order chi connectivity index (χ1) is 11.0. The van der Waals surface area contributed by atoms with Crippen LogP contribution in [0, 0.1) is 0 Å². The molecule has 1 aromatic carbocycles. The maximum atomic E-state index is 12.2. The Hall–Kier alpha value is -2.96. The zero-order valence-corrected chi connectivity index (χ0v) is 13.1. The van der Waals surface area contributed by atoms with Gasteiger partial charge in [-0.2, -0.15) is 0 Å². The minimum absolute atomic E-state index is 0.0194. The Labute approximate surface area is 133 Å². The molecule has 7 heteroatoms. The zero-order valence-electron chi connectivity index (χ0n) is 13.1. The van der Waals surface area contributed by atoms with Crippen molar-refractivity contribution in [2.75, 3.05) is 5.32 Å². The summed E-state index contributed by atoms with van der Waals surface area (Å²) in [6.07, 6.45) is 4.44. The van der Waals surface area contributed by atoms with Gasteiger partial charge in [0.15, 0.2) is 0 Å². The van der Waals surface area contributed by atoms with Crippen molar-refractivity contribution >= 4 is 22.5 Å². The molecule has 3 aromatic rings. The smallest absolute Gasteiger partial charge is 0.275 e. The highest BCUT2D eigenvalue weighted by atomic mass is 16.5. The summed E-state index contributed by atoms with van der Waals surface area (Å²) in [6.45, 7) is 3.89. The van der Waals surface area contributed by atoms with Gasteiger partial charge in [0, 0.05) is 25.1 Å². The van der Waals surface area contributed by atoms with Crippen molar-refractivity contribution in [2.24, 2.45) is 7.05 Å². The molecule has 2 aromatic heterocycles. The molecule has 7 nitrogen and oxygen atoms in total. The molecule has 0 aliphatic heterocycles. The van der Waals surface area contributed by atoms with Crippen molar-refractivity contribution in [3.63, 3.8) is 0 Å². The summed E-state index contributed by atoms with van der Waals surface area (Å²) in [5.74, 6) is 0.237. The highest BCUT2D eigenvalue weighted by molar-refractivity contribution is 6.03. The van der Waals surface area contributed by atoms with Crippen LogP contribution in [0.5, 0.6) is 5.88 Å². The molecule has 2 heterocycles. The minimum Gasteiger partial charge on any atom is -0.473 e. The Balaban J connectivity index is 1.91. The van der Waals surface area contributed by atoms with Gasteiger partial charge in [0.1, 0.15) is 5.69 Å². The average molecular weight is 311 g/mol. The number of nitrogens with zero attached hydrogens (tertiary/aromatic N) is 4. The fraction of sp³-hybridized carbons (Fsp3) is 0.250. The lowest BCUT2D eigenvalue weighted by molar-refractivity contribution is 0.102. The molecular formula is C16H17N5O2. The summed E-state index contributed by atoms with van der Waals surface area (Å²) in [5.41, 5.74) is 1.84. The summed E-state index contributed by atoms with van der Waals surface area (Å²) >= 11 is 0. The number of fused-ring (bicyclic) bond motifs is 1. The van der Waals surface area contributed by atoms with E-state index in [1.54, 1.807) is 4.68 Å². The number of nitrogens with one attached hydrogen (secondary N) is 1. The van der Waals surface area contributed by atoms with E-state index in [2.05, 4.69) is 20.4 Å². The van der Waals surface area contributed by atoms with E-state index in [1.165, 1.54) is 18.6 Å². The van der Waals surface area contributed by atoms with E-state index in [9.17, 15) is 4.79 Å². The second kappa shape index (κ2) is 6.04. The molecule has 0 atom stereocenters. The molecule has 1 amide bonds. The third kappa shape index (κ3) is 3.13. The lowest BCUT2D eigenvalue weighted by Gasteiger charge is -2.07. The Morgan fingerprint density at radius 2 is 2.13 bits per heavy atom. The van der Waals surface area contributed by atoms with E-state index in [1.807, 2.05) is 39.1 Å². The highest BCUT2D eigenvalue weighted by Gasteiger charge is 2.13. The number of aryl methyl sites for hydroxylation is 1. The number of benzene rings is 1. The summed E-state index contributed by atoms with van der Waals surface area (Å²) in [4.78, 5) is 20.0. The molecule has 0 bridgehead atoms. The normalized spacial score (nSPS) is 11.0. The Morgan fingerprint density at radius 3 is 2.83 bits per heavy atom. The van der Waals surface area contributed by atoms with Crippen molar-refractivity contribution in [1.29, 1.82) is 0 Å². The van der Waals surface area contributed by atoms with Gasteiger partial charge in [0.2, 0.25) is 5.88 Å². The largest absolute Gasteiger partial charge is 0.473 e. The van der Waals surface area contributed by atoms with E-state index < -0.39 is 0 Å². The summed E-state index contributed by atoms with van der Waals surface area (Å²) in [5, 5.41) is 8.02. The third-order valence-corrected chi connectivity index (χ3v) is 3.22. The summed E-state index contributed by atoms with van der Waals surface area (Å²) < 4.78 is 7.48. The number of carbonyl (C=O) groups excluding carboxylic acids is 1. The standard InChI is InChI=1S/C16H17N5O2/c1-10(2)23-16-12-8-11(4-5-14(12)21(3)20-16)19-15(22)13-9-17-6-7-18-13/h4-10H,1-3H3,(H,19,22). The summed E-state index contributed by atoms with van der Waals surface area (Å²) in [7, 11) is 1.85. The topological polar surface area (TPSA) is 81.9 Å². The SMILES string of the molecule is CC(C)Oc1nn(C)c2ccc(NC(=O)c3cnccn3)cc12. The molecule has 0 spiro atoms. The van der Waals surface area contributed by atoms with Crippen LogP contribution in [0.2, 0.25) is 0 Å². The molecule has 1 N–H and O–H groups in total. The average Bonchev–Trinajstić information content (AvgIpc) is 2.83. The van der Waals surface area contributed by atoms with Crippen LogP contribution in [-0.2, 0) is 7.05 Å². The van der Waals surface area contributed by atoms with Crippen LogP contribution in [0.4, 0.5) is 5.69 Å². The Bertz CT molecular complexity index is 842. The predicted octanol–water partition coefficient (Wildman–Crippen LogP) is 2.40. The van der Waals surface area contributed by atoms with E-state index in [0.717, 1.165) is 10.9 Å². The molecule has 118 valence electrons. The van der Waals surface area contributed by atoms with Crippen LogP contribution < -0.4 is 10.1 Å². The monoisotopic (exact) mass is 311 g/mol. The molecule has 23 heavy (non-hydrogen) atoms. The second-order valence-electron chi connectivity index (χ2n) is 5.37. The lowest BCUT2D eigenvalue weighted by Crippen LogP contribution is -2.13. The molecule has 0 saturated carbocycles. The predicted molar refractivity (Wildman–Crippen MR) is 86.5 cm³/mol. The van der Waals surface area contributed by atoms with Gasteiger partial charge in [-0.05, 0) is 32.0 Å². The Morgan fingerprint density at radius 1 is 1.30 bits per heavy atom. The lowest BCUT2D eigenvalue weighted by atomic mass is 10.2. The molecule has 0 aliphatic carbocycles.